The summed E-state index contributed by atoms with van der Waals surface area (Å²) in [5.41, 5.74) is 14.1. The maximum atomic E-state index is 12.5. The van der Waals surface area contributed by atoms with Crippen molar-refractivity contribution in [1.82, 2.24) is 14.8 Å². The Bertz CT molecular complexity index is 892. The van der Waals surface area contributed by atoms with Gasteiger partial charge in [-0.3, -0.25) is 9.80 Å². The van der Waals surface area contributed by atoms with Crippen LogP contribution in [-0.2, 0) is 9.53 Å². The summed E-state index contributed by atoms with van der Waals surface area (Å²) in [6.45, 7) is 10.9. The Balaban J connectivity index is 0.00000408. The number of anilines is 1. The van der Waals surface area contributed by atoms with Gasteiger partial charge in [-0.2, -0.15) is 5.10 Å². The topological polar surface area (TPSA) is 110 Å². The number of benzene rings is 1. The molecule has 0 radical (unpaired) electrons. The lowest BCUT2D eigenvalue weighted by Gasteiger charge is -2.37. The van der Waals surface area contributed by atoms with Gasteiger partial charge in [-0.1, -0.05) is 21.4 Å². The largest absolute Gasteiger partial charge is 0.491 e. The van der Waals surface area contributed by atoms with E-state index in [-0.39, 0.29) is 40.4 Å². The number of ether oxygens (including phenoxy) is 2. The van der Waals surface area contributed by atoms with Crippen molar-refractivity contribution in [2.45, 2.75) is 53.4 Å². The Kier molecular flexibility index (Phi) is 11.6. The SMILES string of the molecule is C.C.C=C/C(=N\N(C)CC(N)c1cc(OC(C)C)ccc1N)N1CCN(C(=O)C2CC=CO2)CC1.[HH]. The number of hydrogen-bond acceptors (Lipinski definition) is 7. The van der Waals surface area contributed by atoms with E-state index in [1.165, 1.54) is 0 Å². The molecule has 4 N–H and O–H groups in total. The van der Waals surface area contributed by atoms with Crippen LogP contribution in [0.15, 0.2) is 48.3 Å². The van der Waals surface area contributed by atoms with Crippen LogP contribution in [0.1, 0.15) is 48.2 Å². The summed E-state index contributed by atoms with van der Waals surface area (Å²) in [5.74, 6) is 1.54. The van der Waals surface area contributed by atoms with Gasteiger partial charge in [0.05, 0.1) is 25.0 Å². The van der Waals surface area contributed by atoms with Crippen LogP contribution in [0, 0.1) is 0 Å². The third-order valence-corrected chi connectivity index (χ3v) is 5.63. The van der Waals surface area contributed by atoms with Crippen LogP contribution in [0.2, 0.25) is 0 Å². The molecule has 3 rings (SSSR count). The Morgan fingerprint density at radius 3 is 2.54 bits per heavy atom. The molecule has 35 heavy (non-hydrogen) atoms. The molecule has 198 valence electrons. The summed E-state index contributed by atoms with van der Waals surface area (Å²) in [7, 11) is 1.87. The first-order valence-electron chi connectivity index (χ1n) is 11.4. The van der Waals surface area contributed by atoms with Crippen molar-refractivity contribution in [3.63, 3.8) is 0 Å². The average Bonchev–Trinajstić information content (AvgIpc) is 3.33. The maximum Gasteiger partial charge on any atom is 0.264 e. The van der Waals surface area contributed by atoms with Crippen LogP contribution in [0.4, 0.5) is 5.69 Å². The summed E-state index contributed by atoms with van der Waals surface area (Å²) in [4.78, 5) is 16.5. The fourth-order valence-corrected chi connectivity index (χ4v) is 3.96. The highest BCUT2D eigenvalue weighted by Crippen LogP contribution is 2.25. The van der Waals surface area contributed by atoms with Gasteiger partial charge in [0.15, 0.2) is 6.10 Å². The van der Waals surface area contributed by atoms with Crippen molar-refractivity contribution >= 4 is 17.4 Å². The standard InChI is InChI=1S/C24H36N6O3.2CH4.H2/c1-5-23(29-10-12-30(13-11-29)24(31)22-7-6-14-32-22)27-28(4)16-21(26)19-15-18(33-17(2)3)8-9-20(19)25;;;/h5-6,8-9,14-15,17,21-22H,1,7,10-13,16,25-26H2,2-4H3;2*1H4;1H/b27-23+;;;. The van der Waals surface area contributed by atoms with E-state index in [1.54, 1.807) is 17.3 Å². The molecule has 0 aromatic heterocycles. The first kappa shape index (κ1) is 29.8. The summed E-state index contributed by atoms with van der Waals surface area (Å²) in [6, 6.07) is 5.23. The van der Waals surface area contributed by atoms with Crippen molar-refractivity contribution in [2.24, 2.45) is 10.8 Å². The summed E-state index contributed by atoms with van der Waals surface area (Å²) in [5, 5.41) is 6.50. The number of amidine groups is 1. The lowest BCUT2D eigenvalue weighted by atomic mass is 10.0. The van der Waals surface area contributed by atoms with Crippen molar-refractivity contribution < 1.29 is 15.7 Å². The molecule has 1 fully saturated rings. The van der Waals surface area contributed by atoms with E-state index in [1.807, 2.05) is 50.1 Å². The second kappa shape index (κ2) is 13.6. The highest BCUT2D eigenvalue weighted by atomic mass is 16.5. The van der Waals surface area contributed by atoms with Crippen LogP contribution in [0.5, 0.6) is 5.75 Å². The van der Waals surface area contributed by atoms with Gasteiger partial charge < -0.3 is 30.7 Å². The Labute approximate surface area is 212 Å². The highest BCUT2D eigenvalue weighted by Gasteiger charge is 2.29. The van der Waals surface area contributed by atoms with Crippen LogP contribution >= 0.6 is 0 Å². The summed E-state index contributed by atoms with van der Waals surface area (Å²) in [6.07, 6.45) is 5.54. The third-order valence-electron chi connectivity index (χ3n) is 5.63. The molecule has 9 nitrogen and oxygen atoms in total. The molecule has 9 heteroatoms. The van der Waals surface area contributed by atoms with Crippen LogP contribution < -0.4 is 16.2 Å². The lowest BCUT2D eigenvalue weighted by Crippen LogP contribution is -2.52. The molecule has 0 aliphatic carbocycles. The average molecular weight is 491 g/mol. The Hall–Kier alpha value is -3.20. The molecule has 2 atom stereocenters. The van der Waals surface area contributed by atoms with Crippen LogP contribution in [0.3, 0.4) is 0 Å². The van der Waals surface area contributed by atoms with Gasteiger partial charge in [-0.05, 0) is 49.8 Å². The van der Waals surface area contributed by atoms with Gasteiger partial charge in [0.1, 0.15) is 11.6 Å². The maximum absolute atomic E-state index is 12.5. The molecule has 1 saturated heterocycles. The molecule has 1 amide bonds. The number of hydrogen-bond donors (Lipinski definition) is 2. The van der Waals surface area contributed by atoms with Crippen LogP contribution in [-0.4, -0.2) is 78.5 Å². The highest BCUT2D eigenvalue weighted by molar-refractivity contribution is 5.92. The minimum atomic E-state index is -0.381. The number of nitrogen functional groups attached to an aromatic ring is 1. The van der Waals surface area contributed by atoms with Crippen LogP contribution in [0.25, 0.3) is 0 Å². The Morgan fingerprint density at radius 2 is 1.97 bits per heavy atom. The van der Waals surface area contributed by atoms with Gasteiger partial charge in [0.25, 0.3) is 5.91 Å². The van der Waals surface area contributed by atoms with Gasteiger partial charge in [-0.15, -0.1) is 0 Å². The number of carbonyl (C=O) groups excluding carboxylic acids is 1. The minimum Gasteiger partial charge on any atom is -0.491 e. The van der Waals surface area contributed by atoms with Gasteiger partial charge in [0.2, 0.25) is 0 Å². The number of amides is 1. The van der Waals surface area contributed by atoms with E-state index in [0.29, 0.717) is 44.8 Å². The first-order valence-corrected chi connectivity index (χ1v) is 11.4. The predicted octanol–water partition coefficient (Wildman–Crippen LogP) is 3.45. The molecule has 1 aromatic rings. The number of piperazine rings is 1. The molecule has 2 unspecified atom stereocenters. The van der Waals surface area contributed by atoms with E-state index in [0.717, 1.165) is 17.1 Å². The smallest absolute Gasteiger partial charge is 0.264 e. The van der Waals surface area contributed by atoms with E-state index < -0.39 is 0 Å². The molecule has 1 aromatic carbocycles. The van der Waals surface area contributed by atoms with Crippen molar-refractivity contribution in [2.75, 3.05) is 45.5 Å². The Morgan fingerprint density at radius 1 is 1.31 bits per heavy atom. The lowest BCUT2D eigenvalue weighted by molar-refractivity contribution is -0.140. The van der Waals surface area contributed by atoms with Crippen molar-refractivity contribution in [1.29, 1.82) is 0 Å². The fraction of sp³-hybridized carbons (Fsp3) is 0.538. The third kappa shape index (κ3) is 7.92. The van der Waals surface area contributed by atoms with E-state index in [9.17, 15) is 4.79 Å². The molecule has 2 aliphatic rings. The molecule has 2 aliphatic heterocycles. The predicted molar refractivity (Wildman–Crippen MR) is 146 cm³/mol. The number of nitrogens with zero attached hydrogens (tertiary/aromatic N) is 4. The summed E-state index contributed by atoms with van der Waals surface area (Å²) >= 11 is 0. The van der Waals surface area contributed by atoms with E-state index >= 15 is 0 Å². The van der Waals surface area contributed by atoms with Gasteiger partial charge >= 0.3 is 0 Å². The first-order chi connectivity index (χ1) is 15.8. The molecular formula is C26H46N6O3. The number of hydrazone groups is 1. The zero-order chi connectivity index (χ0) is 24.0. The molecule has 0 bridgehead atoms. The number of carbonyl (C=O) groups is 1. The quantitative estimate of drug-likeness (QED) is 0.249. The monoisotopic (exact) mass is 490 g/mol. The normalized spacial score (nSPS) is 18.3. The molecule has 2 heterocycles. The second-order valence-corrected chi connectivity index (χ2v) is 8.61. The fourth-order valence-electron chi connectivity index (χ4n) is 3.96. The van der Waals surface area contributed by atoms with E-state index in [2.05, 4.69) is 11.5 Å². The van der Waals surface area contributed by atoms with E-state index in [4.69, 9.17) is 26.0 Å². The minimum absolute atomic E-state index is 0. The zero-order valence-electron chi connectivity index (χ0n) is 19.8. The number of nitrogens with two attached hydrogens (primary N) is 2. The molecule has 0 spiro atoms. The van der Waals surface area contributed by atoms with Gasteiger partial charge in [0, 0.05) is 46.8 Å². The van der Waals surface area contributed by atoms with Crippen molar-refractivity contribution in [3.05, 3.63) is 48.8 Å². The van der Waals surface area contributed by atoms with Gasteiger partial charge in [-0.25, -0.2) is 0 Å². The number of likely N-dealkylation sites (N-methyl/N-ethyl adjacent to an activating group) is 1. The second-order valence-electron chi connectivity index (χ2n) is 8.61. The zero-order valence-corrected chi connectivity index (χ0v) is 19.8. The summed E-state index contributed by atoms with van der Waals surface area (Å²) < 4.78 is 11.1. The number of rotatable bonds is 8. The molecule has 0 saturated carbocycles. The molecular weight excluding hydrogens is 444 g/mol. The van der Waals surface area contributed by atoms with Crippen molar-refractivity contribution in [3.8, 4) is 5.75 Å².